The third-order valence-corrected chi connectivity index (χ3v) is 6.36. The number of fused-ring (bicyclic) bond motifs is 1. The summed E-state index contributed by atoms with van der Waals surface area (Å²) in [6.07, 6.45) is 2.55. The quantitative estimate of drug-likeness (QED) is 0.195. The van der Waals surface area contributed by atoms with E-state index in [1.165, 1.54) is 0 Å². The van der Waals surface area contributed by atoms with Crippen molar-refractivity contribution in [2.24, 2.45) is 4.99 Å². The van der Waals surface area contributed by atoms with Crippen LogP contribution in [0, 0.1) is 13.8 Å². The molecule has 0 aliphatic carbocycles. The van der Waals surface area contributed by atoms with E-state index in [0.29, 0.717) is 44.8 Å². The van der Waals surface area contributed by atoms with Crippen LogP contribution in [-0.4, -0.2) is 26.8 Å². The van der Waals surface area contributed by atoms with Gasteiger partial charge >= 0.3 is 5.76 Å². The number of nitrogens with one attached hydrogen (secondary N) is 1. The van der Waals surface area contributed by atoms with E-state index in [2.05, 4.69) is 42.9 Å². The number of aryl methyl sites for hydroxylation is 1. The zero-order valence-corrected chi connectivity index (χ0v) is 22.0. The van der Waals surface area contributed by atoms with Gasteiger partial charge in [0.25, 0.3) is 0 Å². The van der Waals surface area contributed by atoms with Crippen molar-refractivity contribution < 1.29 is 13.7 Å². The van der Waals surface area contributed by atoms with Gasteiger partial charge in [0, 0.05) is 22.9 Å². The van der Waals surface area contributed by atoms with Gasteiger partial charge in [-0.25, -0.2) is 9.78 Å². The number of H-pyrrole nitrogens is 1. The Labute approximate surface area is 226 Å². The lowest BCUT2D eigenvalue weighted by Crippen LogP contribution is -2.12. The van der Waals surface area contributed by atoms with E-state index in [9.17, 15) is 9.59 Å². The van der Waals surface area contributed by atoms with E-state index < -0.39 is 11.9 Å². The lowest BCUT2D eigenvalue weighted by Gasteiger charge is -2.19. The molecule has 196 valence electrons. The molecule has 0 spiro atoms. The Hall–Kier alpha value is -4.83. The van der Waals surface area contributed by atoms with Crippen molar-refractivity contribution in [3.8, 4) is 28.6 Å². The Morgan fingerprint density at radius 1 is 1.21 bits per heavy atom. The Morgan fingerprint density at radius 3 is 2.69 bits per heavy atom. The maximum absolute atomic E-state index is 13.5. The van der Waals surface area contributed by atoms with Gasteiger partial charge in [0.05, 0.1) is 16.8 Å². The van der Waals surface area contributed by atoms with Gasteiger partial charge in [-0.3, -0.25) is 24.3 Å². The SMILES string of the molecule is C=Cc1ncc(-c2oc3c(C(C)Oc4ccc(Cl)nc4-c4noc(=O)[nH]4)cc(C)cc3c(=O)c2C)cc1N=C. The van der Waals surface area contributed by atoms with Crippen LogP contribution in [0.5, 0.6) is 5.75 Å². The van der Waals surface area contributed by atoms with Crippen LogP contribution in [0.4, 0.5) is 5.69 Å². The molecule has 0 fully saturated rings. The highest BCUT2D eigenvalue weighted by atomic mass is 35.5. The second kappa shape index (κ2) is 10.1. The number of aromatic nitrogens is 4. The number of halogens is 1. The first-order valence-electron chi connectivity index (χ1n) is 11.8. The summed E-state index contributed by atoms with van der Waals surface area (Å²) < 4.78 is 17.3. The van der Waals surface area contributed by atoms with E-state index in [4.69, 9.17) is 20.8 Å². The molecule has 1 aromatic carbocycles. The molecule has 0 amide bonds. The van der Waals surface area contributed by atoms with Crippen LogP contribution >= 0.6 is 11.6 Å². The van der Waals surface area contributed by atoms with Gasteiger partial charge in [0.15, 0.2) is 11.1 Å². The summed E-state index contributed by atoms with van der Waals surface area (Å²) in [5.41, 5.74) is 3.90. The molecule has 1 N–H and O–H groups in total. The van der Waals surface area contributed by atoms with Gasteiger partial charge in [0.2, 0.25) is 5.82 Å². The maximum Gasteiger partial charge on any atom is 0.439 e. The van der Waals surface area contributed by atoms with E-state index in [0.717, 1.165) is 5.56 Å². The largest absolute Gasteiger partial charge is 0.483 e. The molecule has 4 aromatic heterocycles. The van der Waals surface area contributed by atoms with Crippen molar-refractivity contribution in [2.75, 3.05) is 0 Å². The molecular formula is C28H22ClN5O5. The minimum Gasteiger partial charge on any atom is -0.483 e. The number of benzene rings is 1. The van der Waals surface area contributed by atoms with Gasteiger partial charge in [0.1, 0.15) is 28.3 Å². The molecule has 0 aliphatic heterocycles. The highest BCUT2D eigenvalue weighted by molar-refractivity contribution is 6.29. The first-order valence-corrected chi connectivity index (χ1v) is 12.1. The Morgan fingerprint density at radius 2 is 2.00 bits per heavy atom. The van der Waals surface area contributed by atoms with Gasteiger partial charge in [-0.05, 0) is 69.5 Å². The second-order valence-electron chi connectivity index (χ2n) is 8.79. The van der Waals surface area contributed by atoms with Crippen LogP contribution in [0.3, 0.4) is 0 Å². The summed E-state index contributed by atoms with van der Waals surface area (Å²) in [4.78, 5) is 40.1. The van der Waals surface area contributed by atoms with E-state index in [1.54, 1.807) is 50.4 Å². The van der Waals surface area contributed by atoms with E-state index >= 15 is 0 Å². The predicted octanol–water partition coefficient (Wildman–Crippen LogP) is 5.98. The maximum atomic E-state index is 13.5. The van der Waals surface area contributed by atoms with Crippen molar-refractivity contribution in [3.63, 3.8) is 0 Å². The van der Waals surface area contributed by atoms with Gasteiger partial charge in [-0.15, -0.1) is 0 Å². The molecule has 0 saturated heterocycles. The smallest absolute Gasteiger partial charge is 0.439 e. The van der Waals surface area contributed by atoms with Crippen LogP contribution in [0.2, 0.25) is 5.15 Å². The lowest BCUT2D eigenvalue weighted by atomic mass is 10.00. The third kappa shape index (κ3) is 4.77. The average molecular weight is 544 g/mol. The number of hydrogen-bond donors (Lipinski definition) is 1. The fourth-order valence-corrected chi connectivity index (χ4v) is 4.44. The van der Waals surface area contributed by atoms with Crippen LogP contribution in [-0.2, 0) is 0 Å². The molecule has 0 radical (unpaired) electrons. The minimum atomic E-state index is -0.745. The highest BCUT2D eigenvalue weighted by Gasteiger charge is 2.22. The molecule has 4 heterocycles. The second-order valence-corrected chi connectivity index (χ2v) is 9.18. The van der Waals surface area contributed by atoms with E-state index in [-0.39, 0.29) is 27.8 Å². The van der Waals surface area contributed by atoms with Crippen LogP contribution in [0.1, 0.15) is 35.4 Å². The first kappa shape index (κ1) is 25.8. The topological polar surface area (TPSA) is 136 Å². The van der Waals surface area contributed by atoms with Crippen molar-refractivity contribution in [3.05, 3.63) is 91.4 Å². The number of hydrogen-bond acceptors (Lipinski definition) is 9. The van der Waals surface area contributed by atoms with Gasteiger partial charge in [-0.1, -0.05) is 23.3 Å². The summed E-state index contributed by atoms with van der Waals surface area (Å²) in [7, 11) is 0. The summed E-state index contributed by atoms with van der Waals surface area (Å²) in [6.45, 7) is 12.7. The fraction of sp³-hybridized carbons (Fsp3) is 0.143. The monoisotopic (exact) mass is 543 g/mol. The Bertz CT molecular complexity index is 1890. The fourth-order valence-electron chi connectivity index (χ4n) is 4.29. The Kier molecular flexibility index (Phi) is 6.71. The number of pyridine rings is 2. The molecule has 0 saturated carbocycles. The summed E-state index contributed by atoms with van der Waals surface area (Å²) in [6, 6.07) is 8.55. The predicted molar refractivity (Wildman–Crippen MR) is 149 cm³/mol. The number of aromatic amines is 1. The average Bonchev–Trinajstić information content (AvgIpc) is 3.37. The lowest BCUT2D eigenvalue weighted by molar-refractivity contribution is 0.227. The molecule has 39 heavy (non-hydrogen) atoms. The molecular weight excluding hydrogens is 522 g/mol. The third-order valence-electron chi connectivity index (χ3n) is 6.15. The van der Waals surface area contributed by atoms with Crippen molar-refractivity contribution in [1.82, 2.24) is 20.1 Å². The summed E-state index contributed by atoms with van der Waals surface area (Å²) >= 11 is 6.09. The van der Waals surface area contributed by atoms with Crippen molar-refractivity contribution in [2.45, 2.75) is 26.9 Å². The molecule has 1 unspecified atom stereocenters. The summed E-state index contributed by atoms with van der Waals surface area (Å²) in [5.74, 6) is -0.0468. The van der Waals surface area contributed by atoms with Crippen molar-refractivity contribution in [1.29, 1.82) is 0 Å². The minimum absolute atomic E-state index is 0.0605. The zero-order valence-electron chi connectivity index (χ0n) is 21.2. The Balaban J connectivity index is 1.66. The van der Waals surface area contributed by atoms with Crippen LogP contribution in [0.25, 0.3) is 39.9 Å². The number of aliphatic imine (C=N–C) groups is 1. The van der Waals surface area contributed by atoms with Gasteiger partial charge in [-0.2, -0.15) is 0 Å². The molecule has 11 heteroatoms. The van der Waals surface area contributed by atoms with Crippen LogP contribution in [0.15, 0.2) is 66.6 Å². The van der Waals surface area contributed by atoms with Gasteiger partial charge < -0.3 is 9.15 Å². The first-order chi connectivity index (χ1) is 18.7. The molecule has 5 rings (SSSR count). The molecule has 0 aliphatic rings. The highest BCUT2D eigenvalue weighted by Crippen LogP contribution is 2.36. The number of rotatable bonds is 7. The number of nitrogens with zero attached hydrogens (tertiary/aromatic N) is 4. The molecule has 5 aromatic rings. The number of ether oxygens (including phenoxy) is 1. The van der Waals surface area contributed by atoms with E-state index in [1.807, 2.05) is 13.0 Å². The van der Waals surface area contributed by atoms with Crippen molar-refractivity contribution >= 4 is 41.1 Å². The summed E-state index contributed by atoms with van der Waals surface area (Å²) in [5, 5.41) is 4.28. The molecule has 0 bridgehead atoms. The van der Waals surface area contributed by atoms with Crippen LogP contribution < -0.4 is 15.9 Å². The molecule has 10 nitrogen and oxygen atoms in total. The molecule has 1 atom stereocenters. The zero-order chi connectivity index (χ0) is 27.8. The standard InChI is InChI=1S/C28H22ClN5O5/c1-6-19-20(30-5)11-16(12-31-19)25-14(3)24(35)18-10-13(2)9-17(26(18)38-25)15(4)37-21-7-8-22(29)32-23(21)27-33-28(36)39-34-27/h6-12,15H,1,5H2,2-4H3,(H,33,34,36). The normalized spacial score (nSPS) is 11.9.